The molecule has 0 heterocycles. The summed E-state index contributed by atoms with van der Waals surface area (Å²) in [4.78, 5) is 13.1. The predicted octanol–water partition coefficient (Wildman–Crippen LogP) is 2.29. The van der Waals surface area contributed by atoms with Crippen LogP contribution in [0.25, 0.3) is 10.4 Å². The maximum Gasteiger partial charge on any atom is 0.222 e. The number of carbonyl (C=O) groups excluding carboxylic acids is 1. The normalized spacial score (nSPS) is 8.86. The minimum atomic E-state index is -0.511. The number of amides is 1. The third-order valence-corrected chi connectivity index (χ3v) is 1.48. The first-order valence-electron chi connectivity index (χ1n) is 4.08. The van der Waals surface area contributed by atoms with Gasteiger partial charge in [-0.25, -0.2) is 0 Å². The highest BCUT2D eigenvalue weighted by atomic mass is 16.5. The summed E-state index contributed by atoms with van der Waals surface area (Å²) in [5.74, 6) is 0.185. The Bertz CT molecular complexity index is 344. The van der Waals surface area contributed by atoms with Gasteiger partial charge in [-0.2, -0.15) is 0 Å². The van der Waals surface area contributed by atoms with Gasteiger partial charge in [0.1, 0.15) is 5.75 Å². The first-order chi connectivity index (χ1) is 6.83. The Balaban J connectivity index is 2.29. The van der Waals surface area contributed by atoms with Gasteiger partial charge in [0, 0.05) is 11.3 Å². The Morgan fingerprint density at radius 2 is 2.14 bits per heavy atom. The van der Waals surface area contributed by atoms with Crippen molar-refractivity contribution in [2.24, 2.45) is 5.11 Å². The molecule has 0 aliphatic heterocycles. The molecule has 0 N–H and O–H groups in total. The SMILES string of the molecule is [N-]=[N+]=NC(=O)CCOc1ccccc1. The molecule has 0 bridgehead atoms. The van der Waals surface area contributed by atoms with E-state index in [1.54, 1.807) is 12.1 Å². The van der Waals surface area contributed by atoms with E-state index in [4.69, 9.17) is 10.3 Å². The molecule has 0 aliphatic rings. The number of hydrogen-bond acceptors (Lipinski definition) is 2. The molecule has 0 saturated carbocycles. The molecular weight excluding hydrogens is 182 g/mol. The molecule has 0 radical (unpaired) electrons. The Morgan fingerprint density at radius 1 is 1.43 bits per heavy atom. The first kappa shape index (κ1) is 10.1. The molecule has 0 unspecified atom stereocenters. The minimum absolute atomic E-state index is 0.0962. The first-order valence-corrected chi connectivity index (χ1v) is 4.08. The standard InChI is InChI=1S/C9H9N3O2/c10-12-11-9(13)6-7-14-8-4-2-1-3-5-8/h1-5H,6-7H2. The Kier molecular flexibility index (Phi) is 4.04. The van der Waals surface area contributed by atoms with Crippen LogP contribution in [0.1, 0.15) is 6.42 Å². The van der Waals surface area contributed by atoms with Crippen LogP contribution in [0.2, 0.25) is 0 Å². The van der Waals surface area contributed by atoms with Crippen LogP contribution in [0.15, 0.2) is 35.4 Å². The summed E-state index contributed by atoms with van der Waals surface area (Å²) in [7, 11) is 0. The van der Waals surface area contributed by atoms with E-state index >= 15 is 0 Å². The van der Waals surface area contributed by atoms with Crippen molar-refractivity contribution in [2.75, 3.05) is 6.61 Å². The Labute approximate surface area is 80.9 Å². The van der Waals surface area contributed by atoms with Crippen molar-refractivity contribution in [3.63, 3.8) is 0 Å². The second kappa shape index (κ2) is 5.61. The van der Waals surface area contributed by atoms with Crippen LogP contribution in [0, 0.1) is 0 Å². The van der Waals surface area contributed by atoms with Crippen LogP contribution >= 0.6 is 0 Å². The molecule has 1 aromatic rings. The van der Waals surface area contributed by atoms with Crippen molar-refractivity contribution >= 4 is 5.91 Å². The van der Waals surface area contributed by atoms with E-state index in [1.807, 2.05) is 18.2 Å². The van der Waals surface area contributed by atoms with E-state index in [-0.39, 0.29) is 13.0 Å². The average molecular weight is 191 g/mol. The molecule has 0 aromatic heterocycles. The van der Waals surface area contributed by atoms with Gasteiger partial charge >= 0.3 is 0 Å². The largest absolute Gasteiger partial charge is 0.493 e. The number of benzene rings is 1. The highest BCUT2D eigenvalue weighted by molar-refractivity contribution is 5.76. The number of para-hydroxylation sites is 1. The molecule has 0 spiro atoms. The van der Waals surface area contributed by atoms with Gasteiger partial charge in [-0.15, -0.1) is 0 Å². The summed E-state index contributed by atoms with van der Waals surface area (Å²) in [5, 5.41) is 2.92. The summed E-state index contributed by atoms with van der Waals surface area (Å²) in [6.07, 6.45) is 0.0962. The van der Waals surface area contributed by atoms with Crippen molar-refractivity contribution in [1.29, 1.82) is 0 Å². The van der Waals surface area contributed by atoms with Crippen molar-refractivity contribution < 1.29 is 9.53 Å². The van der Waals surface area contributed by atoms with Crippen LogP contribution in [0.3, 0.4) is 0 Å². The van der Waals surface area contributed by atoms with E-state index in [0.29, 0.717) is 5.75 Å². The second-order valence-corrected chi connectivity index (χ2v) is 2.49. The van der Waals surface area contributed by atoms with E-state index in [9.17, 15) is 4.79 Å². The lowest BCUT2D eigenvalue weighted by molar-refractivity contribution is -0.118. The van der Waals surface area contributed by atoms with Gasteiger partial charge in [0.15, 0.2) is 0 Å². The number of ether oxygens (including phenoxy) is 1. The lowest BCUT2D eigenvalue weighted by atomic mass is 10.3. The lowest BCUT2D eigenvalue weighted by Crippen LogP contribution is -2.03. The fourth-order valence-corrected chi connectivity index (χ4v) is 0.873. The van der Waals surface area contributed by atoms with Crippen LogP contribution in [0.4, 0.5) is 0 Å². The van der Waals surface area contributed by atoms with Gasteiger partial charge in [-0.1, -0.05) is 18.2 Å². The Morgan fingerprint density at radius 3 is 2.79 bits per heavy atom. The van der Waals surface area contributed by atoms with Crippen molar-refractivity contribution in [1.82, 2.24) is 0 Å². The molecule has 14 heavy (non-hydrogen) atoms. The number of hydrogen-bond donors (Lipinski definition) is 0. The highest BCUT2D eigenvalue weighted by Gasteiger charge is 1.98. The van der Waals surface area contributed by atoms with Crippen molar-refractivity contribution in [3.05, 3.63) is 40.8 Å². The number of rotatable bonds is 4. The number of carbonyl (C=O) groups is 1. The lowest BCUT2D eigenvalue weighted by Gasteiger charge is -2.02. The van der Waals surface area contributed by atoms with Gasteiger partial charge in [-0.05, 0) is 22.8 Å². The molecule has 0 saturated heterocycles. The molecule has 1 rings (SSSR count). The molecule has 72 valence electrons. The van der Waals surface area contributed by atoms with Gasteiger partial charge < -0.3 is 4.74 Å². The molecule has 5 nitrogen and oxygen atoms in total. The molecule has 5 heteroatoms. The van der Waals surface area contributed by atoms with Crippen LogP contribution in [-0.2, 0) is 4.79 Å². The zero-order valence-corrected chi connectivity index (χ0v) is 7.46. The van der Waals surface area contributed by atoms with E-state index in [0.717, 1.165) is 0 Å². The number of azide groups is 1. The summed E-state index contributed by atoms with van der Waals surface area (Å²) >= 11 is 0. The average Bonchev–Trinajstić information content (AvgIpc) is 2.20. The predicted molar refractivity (Wildman–Crippen MR) is 50.7 cm³/mol. The fourth-order valence-electron chi connectivity index (χ4n) is 0.873. The van der Waals surface area contributed by atoms with E-state index < -0.39 is 5.91 Å². The van der Waals surface area contributed by atoms with E-state index in [1.165, 1.54) is 0 Å². The minimum Gasteiger partial charge on any atom is -0.493 e. The van der Waals surface area contributed by atoms with Gasteiger partial charge in [0.2, 0.25) is 5.91 Å². The summed E-state index contributed by atoms with van der Waals surface area (Å²) in [5.41, 5.74) is 7.95. The zero-order valence-electron chi connectivity index (χ0n) is 7.46. The third kappa shape index (κ3) is 3.60. The van der Waals surface area contributed by atoms with Crippen LogP contribution in [0.5, 0.6) is 5.75 Å². The quantitative estimate of drug-likeness (QED) is 0.416. The topological polar surface area (TPSA) is 75.1 Å². The summed E-state index contributed by atoms with van der Waals surface area (Å²) < 4.78 is 5.22. The highest BCUT2D eigenvalue weighted by Crippen LogP contribution is 2.08. The molecule has 1 aromatic carbocycles. The maximum atomic E-state index is 10.7. The summed E-state index contributed by atoms with van der Waals surface area (Å²) in [6.45, 7) is 0.224. The fraction of sp³-hybridized carbons (Fsp3) is 0.222. The van der Waals surface area contributed by atoms with Crippen LogP contribution in [-0.4, -0.2) is 12.5 Å². The molecule has 0 aliphatic carbocycles. The number of nitrogens with zero attached hydrogens (tertiary/aromatic N) is 3. The molecule has 0 atom stereocenters. The van der Waals surface area contributed by atoms with Gasteiger partial charge in [0.25, 0.3) is 0 Å². The molecular formula is C9H9N3O2. The van der Waals surface area contributed by atoms with Gasteiger partial charge in [0.05, 0.1) is 6.61 Å². The Hall–Kier alpha value is -2.00. The second-order valence-electron chi connectivity index (χ2n) is 2.49. The van der Waals surface area contributed by atoms with Crippen molar-refractivity contribution in [3.8, 4) is 5.75 Å². The monoisotopic (exact) mass is 191 g/mol. The molecule has 1 amide bonds. The molecule has 0 fully saturated rings. The van der Waals surface area contributed by atoms with E-state index in [2.05, 4.69) is 10.0 Å². The van der Waals surface area contributed by atoms with Crippen molar-refractivity contribution in [2.45, 2.75) is 6.42 Å². The van der Waals surface area contributed by atoms with Gasteiger partial charge in [-0.3, -0.25) is 4.79 Å². The zero-order chi connectivity index (χ0) is 10.2. The van der Waals surface area contributed by atoms with Crippen LogP contribution < -0.4 is 4.74 Å². The maximum absolute atomic E-state index is 10.7. The smallest absolute Gasteiger partial charge is 0.222 e. The summed E-state index contributed by atoms with van der Waals surface area (Å²) in [6, 6.07) is 9.13. The third-order valence-electron chi connectivity index (χ3n) is 1.48.